The van der Waals surface area contributed by atoms with Crippen LogP contribution in [0.5, 0.6) is 0 Å². The van der Waals surface area contributed by atoms with Gasteiger partial charge in [-0.05, 0) is 49.2 Å². The molecule has 0 bridgehead atoms. The first kappa shape index (κ1) is 18.8. The SMILES string of the molecule is C=CCNC(=O)CSc1nnc(-c2ccccn2)n1-c1cc(C)cc(C)c1. The summed E-state index contributed by atoms with van der Waals surface area (Å²) >= 11 is 1.34. The molecule has 6 nitrogen and oxygen atoms in total. The van der Waals surface area contributed by atoms with Crippen molar-refractivity contribution in [3.05, 3.63) is 66.4 Å². The van der Waals surface area contributed by atoms with Crippen LogP contribution < -0.4 is 5.32 Å². The molecule has 0 spiro atoms. The summed E-state index contributed by atoms with van der Waals surface area (Å²) < 4.78 is 1.95. The summed E-state index contributed by atoms with van der Waals surface area (Å²) in [5.74, 6) is 0.822. The average Bonchev–Trinajstić information content (AvgIpc) is 3.08. The maximum atomic E-state index is 12.0. The average molecular weight is 379 g/mol. The monoisotopic (exact) mass is 379 g/mol. The zero-order chi connectivity index (χ0) is 19.2. The van der Waals surface area contributed by atoms with E-state index in [1.165, 1.54) is 11.8 Å². The fourth-order valence-electron chi connectivity index (χ4n) is 2.70. The zero-order valence-electron chi connectivity index (χ0n) is 15.3. The summed E-state index contributed by atoms with van der Waals surface area (Å²) in [6, 6.07) is 11.9. The van der Waals surface area contributed by atoms with Gasteiger partial charge in [-0.1, -0.05) is 30.0 Å². The van der Waals surface area contributed by atoms with Gasteiger partial charge in [0.1, 0.15) is 5.69 Å². The quantitative estimate of drug-likeness (QED) is 0.503. The van der Waals surface area contributed by atoms with E-state index < -0.39 is 0 Å². The van der Waals surface area contributed by atoms with Crippen LogP contribution in [0.3, 0.4) is 0 Å². The fourth-order valence-corrected chi connectivity index (χ4v) is 3.49. The van der Waals surface area contributed by atoms with E-state index in [0.717, 1.165) is 22.5 Å². The van der Waals surface area contributed by atoms with E-state index in [4.69, 9.17) is 0 Å². The molecule has 0 atom stereocenters. The number of carbonyl (C=O) groups is 1. The summed E-state index contributed by atoms with van der Waals surface area (Å²) in [5.41, 5.74) is 3.97. The lowest BCUT2D eigenvalue weighted by atomic mass is 10.1. The largest absolute Gasteiger partial charge is 0.352 e. The summed E-state index contributed by atoms with van der Waals surface area (Å²) in [5, 5.41) is 12.1. The molecule has 0 unspecified atom stereocenters. The lowest BCUT2D eigenvalue weighted by molar-refractivity contribution is -0.118. The van der Waals surface area contributed by atoms with Crippen LogP contribution in [-0.2, 0) is 4.79 Å². The molecule has 2 aromatic heterocycles. The van der Waals surface area contributed by atoms with Crippen molar-refractivity contribution in [1.82, 2.24) is 25.1 Å². The Bertz CT molecular complexity index is 932. The maximum Gasteiger partial charge on any atom is 0.230 e. The topological polar surface area (TPSA) is 72.7 Å². The molecule has 1 amide bonds. The Kier molecular flexibility index (Phi) is 6.03. The zero-order valence-corrected chi connectivity index (χ0v) is 16.2. The van der Waals surface area contributed by atoms with Gasteiger partial charge >= 0.3 is 0 Å². The Morgan fingerprint density at radius 3 is 2.67 bits per heavy atom. The van der Waals surface area contributed by atoms with Gasteiger partial charge in [0.2, 0.25) is 5.91 Å². The van der Waals surface area contributed by atoms with E-state index in [0.29, 0.717) is 17.5 Å². The van der Waals surface area contributed by atoms with Gasteiger partial charge in [-0.25, -0.2) is 0 Å². The van der Waals surface area contributed by atoms with Crippen molar-refractivity contribution >= 4 is 17.7 Å². The molecule has 0 saturated carbocycles. The van der Waals surface area contributed by atoms with Crippen LogP contribution in [0.25, 0.3) is 17.2 Å². The van der Waals surface area contributed by atoms with Gasteiger partial charge in [-0.2, -0.15) is 0 Å². The number of rotatable bonds is 7. The minimum absolute atomic E-state index is 0.0748. The molecule has 0 fully saturated rings. The minimum Gasteiger partial charge on any atom is -0.352 e. The summed E-state index contributed by atoms with van der Waals surface area (Å²) in [6.45, 7) is 8.15. The molecule has 3 rings (SSSR count). The second kappa shape index (κ2) is 8.64. The number of thioether (sulfide) groups is 1. The van der Waals surface area contributed by atoms with E-state index in [1.807, 2.05) is 22.8 Å². The molecular formula is C20H21N5OS. The molecule has 7 heteroatoms. The molecule has 0 aliphatic carbocycles. The number of hydrogen-bond donors (Lipinski definition) is 1. The molecule has 0 radical (unpaired) electrons. The van der Waals surface area contributed by atoms with E-state index >= 15 is 0 Å². The summed E-state index contributed by atoms with van der Waals surface area (Å²) in [4.78, 5) is 16.4. The number of nitrogens with zero attached hydrogens (tertiary/aromatic N) is 4. The molecule has 2 heterocycles. The third-order valence-electron chi connectivity index (χ3n) is 3.77. The Hall–Kier alpha value is -2.93. The predicted molar refractivity (Wildman–Crippen MR) is 108 cm³/mol. The molecule has 0 saturated heterocycles. The van der Waals surface area contributed by atoms with Gasteiger partial charge in [-0.3, -0.25) is 14.3 Å². The van der Waals surface area contributed by atoms with E-state index in [-0.39, 0.29) is 11.7 Å². The van der Waals surface area contributed by atoms with Crippen molar-refractivity contribution in [3.8, 4) is 17.2 Å². The molecule has 1 aromatic carbocycles. The van der Waals surface area contributed by atoms with Crippen LogP contribution in [0.4, 0.5) is 0 Å². The second-order valence-corrected chi connectivity index (χ2v) is 7.03. The number of amides is 1. The molecule has 27 heavy (non-hydrogen) atoms. The van der Waals surface area contributed by atoms with Gasteiger partial charge in [0, 0.05) is 12.7 Å². The smallest absolute Gasteiger partial charge is 0.230 e. The highest BCUT2D eigenvalue weighted by Gasteiger charge is 2.18. The third kappa shape index (κ3) is 4.62. The maximum absolute atomic E-state index is 12.0. The molecule has 0 aliphatic rings. The first-order valence-electron chi connectivity index (χ1n) is 8.54. The summed E-state index contributed by atoms with van der Waals surface area (Å²) in [6.07, 6.45) is 3.38. The van der Waals surface area contributed by atoms with Crippen LogP contribution in [-0.4, -0.2) is 38.0 Å². The van der Waals surface area contributed by atoms with Crippen LogP contribution in [0, 0.1) is 13.8 Å². The Morgan fingerprint density at radius 2 is 2.00 bits per heavy atom. The predicted octanol–water partition coefficient (Wildman–Crippen LogP) is 3.34. The van der Waals surface area contributed by atoms with Crippen LogP contribution in [0.15, 0.2) is 60.4 Å². The Labute approximate surface area is 162 Å². The molecule has 0 aliphatic heterocycles. The molecule has 138 valence electrons. The highest BCUT2D eigenvalue weighted by atomic mass is 32.2. The van der Waals surface area contributed by atoms with E-state index in [1.54, 1.807) is 12.3 Å². The second-order valence-electron chi connectivity index (χ2n) is 6.08. The van der Waals surface area contributed by atoms with E-state index in [9.17, 15) is 4.79 Å². The lowest BCUT2D eigenvalue weighted by Crippen LogP contribution is -2.25. The molecule has 1 N–H and O–H groups in total. The van der Waals surface area contributed by atoms with E-state index in [2.05, 4.69) is 59.1 Å². The van der Waals surface area contributed by atoms with Gasteiger partial charge in [0.05, 0.1) is 11.4 Å². The lowest BCUT2D eigenvalue weighted by Gasteiger charge is -2.12. The molecular weight excluding hydrogens is 358 g/mol. The highest BCUT2D eigenvalue weighted by Crippen LogP contribution is 2.28. The Balaban J connectivity index is 2.00. The van der Waals surface area contributed by atoms with Gasteiger partial charge in [0.25, 0.3) is 0 Å². The van der Waals surface area contributed by atoms with Crippen LogP contribution >= 0.6 is 11.8 Å². The molecule has 3 aromatic rings. The number of aromatic nitrogens is 4. The first-order valence-corrected chi connectivity index (χ1v) is 9.53. The van der Waals surface area contributed by atoms with Gasteiger partial charge in [0.15, 0.2) is 11.0 Å². The number of hydrogen-bond acceptors (Lipinski definition) is 5. The highest BCUT2D eigenvalue weighted by molar-refractivity contribution is 7.99. The normalized spacial score (nSPS) is 10.6. The third-order valence-corrected chi connectivity index (χ3v) is 4.70. The van der Waals surface area contributed by atoms with Crippen molar-refractivity contribution < 1.29 is 4.79 Å². The Morgan fingerprint density at radius 1 is 1.22 bits per heavy atom. The van der Waals surface area contributed by atoms with Crippen LogP contribution in [0.1, 0.15) is 11.1 Å². The van der Waals surface area contributed by atoms with Crippen molar-refractivity contribution in [2.24, 2.45) is 0 Å². The van der Waals surface area contributed by atoms with Gasteiger partial charge < -0.3 is 5.32 Å². The first-order chi connectivity index (χ1) is 13.1. The standard InChI is InChI=1S/C20H21N5OS/c1-4-8-22-18(26)13-27-20-24-23-19(17-7-5-6-9-21-17)25(20)16-11-14(2)10-15(3)12-16/h4-7,9-12H,1,8,13H2,2-3H3,(H,22,26). The fraction of sp³-hybridized carbons (Fsp3) is 0.200. The van der Waals surface area contributed by atoms with Gasteiger partial charge in [-0.15, -0.1) is 16.8 Å². The minimum atomic E-state index is -0.0748. The summed E-state index contributed by atoms with van der Waals surface area (Å²) in [7, 11) is 0. The number of benzene rings is 1. The van der Waals surface area contributed by atoms with Crippen molar-refractivity contribution in [2.75, 3.05) is 12.3 Å². The number of nitrogens with one attached hydrogen (secondary N) is 1. The van der Waals surface area contributed by atoms with Crippen molar-refractivity contribution in [3.63, 3.8) is 0 Å². The van der Waals surface area contributed by atoms with Crippen LogP contribution in [0.2, 0.25) is 0 Å². The number of aryl methyl sites for hydroxylation is 2. The van der Waals surface area contributed by atoms with Crippen molar-refractivity contribution in [2.45, 2.75) is 19.0 Å². The number of carbonyl (C=O) groups excluding carboxylic acids is 1. The number of pyridine rings is 1. The van der Waals surface area contributed by atoms with Crippen molar-refractivity contribution in [1.29, 1.82) is 0 Å².